The summed E-state index contributed by atoms with van der Waals surface area (Å²) in [6.07, 6.45) is 2.88. The number of carbonyl (C=O) groups is 2. The van der Waals surface area contributed by atoms with Gasteiger partial charge in [-0.1, -0.05) is 6.07 Å². The van der Waals surface area contributed by atoms with Gasteiger partial charge in [0.05, 0.1) is 6.20 Å². The predicted molar refractivity (Wildman–Crippen MR) is 77.2 cm³/mol. The molecule has 3 N–H and O–H groups in total. The van der Waals surface area contributed by atoms with Gasteiger partial charge in [-0.25, -0.2) is 9.78 Å². The maximum atomic E-state index is 12.1. The van der Waals surface area contributed by atoms with Crippen molar-refractivity contribution >= 4 is 23.3 Å². The number of hydrogen-bond acceptors (Lipinski definition) is 4. The maximum Gasteiger partial charge on any atom is 0.319 e. The molecule has 0 saturated heterocycles. The topological polar surface area (TPSA) is 105 Å². The van der Waals surface area contributed by atoms with Gasteiger partial charge in [0.2, 0.25) is 5.91 Å². The van der Waals surface area contributed by atoms with Crippen molar-refractivity contribution in [3.8, 4) is 0 Å². The van der Waals surface area contributed by atoms with Crippen molar-refractivity contribution in [1.82, 2.24) is 20.0 Å². The number of hydrogen-bond donors (Lipinski definition) is 3. The van der Waals surface area contributed by atoms with E-state index in [0.29, 0.717) is 12.2 Å². The number of pyridine rings is 1. The van der Waals surface area contributed by atoms with E-state index in [9.17, 15) is 14.4 Å². The Kier molecular flexibility index (Phi) is 4.50. The number of nitrogens with one attached hydrogen (secondary N) is 3. The SMILES string of the molecule is CC(=O)NCCNC(=O)Nc1cnc2ccccn2c1=O. The number of anilines is 1. The molecule has 0 fully saturated rings. The first-order valence-electron chi connectivity index (χ1n) is 6.33. The average molecular weight is 289 g/mol. The highest BCUT2D eigenvalue weighted by molar-refractivity contribution is 5.88. The van der Waals surface area contributed by atoms with Crippen LogP contribution in [0, 0.1) is 0 Å². The number of rotatable bonds is 4. The number of fused-ring (bicyclic) bond motifs is 1. The van der Waals surface area contributed by atoms with Gasteiger partial charge in [-0.15, -0.1) is 0 Å². The fraction of sp³-hybridized carbons (Fsp3) is 0.231. The quantitative estimate of drug-likeness (QED) is 0.686. The van der Waals surface area contributed by atoms with E-state index < -0.39 is 6.03 Å². The molecule has 2 aromatic heterocycles. The van der Waals surface area contributed by atoms with Crippen LogP contribution in [-0.2, 0) is 4.79 Å². The highest BCUT2D eigenvalue weighted by Crippen LogP contribution is 2.01. The van der Waals surface area contributed by atoms with E-state index in [2.05, 4.69) is 20.9 Å². The summed E-state index contributed by atoms with van der Waals surface area (Å²) < 4.78 is 1.34. The van der Waals surface area contributed by atoms with Crippen LogP contribution in [0.5, 0.6) is 0 Å². The molecule has 21 heavy (non-hydrogen) atoms. The van der Waals surface area contributed by atoms with Crippen LogP contribution < -0.4 is 21.5 Å². The van der Waals surface area contributed by atoms with Crippen LogP contribution in [0.3, 0.4) is 0 Å². The van der Waals surface area contributed by atoms with Gasteiger partial charge in [-0.05, 0) is 12.1 Å². The molecule has 0 aliphatic rings. The highest BCUT2D eigenvalue weighted by Gasteiger charge is 2.07. The lowest BCUT2D eigenvalue weighted by molar-refractivity contribution is -0.118. The number of nitrogens with zero attached hydrogens (tertiary/aromatic N) is 2. The third kappa shape index (κ3) is 3.78. The van der Waals surface area contributed by atoms with Crippen LogP contribution in [0.15, 0.2) is 35.4 Å². The number of amides is 3. The average Bonchev–Trinajstić information content (AvgIpc) is 2.47. The van der Waals surface area contributed by atoms with Gasteiger partial charge in [-0.3, -0.25) is 14.0 Å². The molecule has 2 heterocycles. The molecule has 3 amide bonds. The number of aromatic nitrogens is 2. The van der Waals surface area contributed by atoms with Crippen molar-refractivity contribution < 1.29 is 9.59 Å². The Morgan fingerprint density at radius 3 is 2.76 bits per heavy atom. The van der Waals surface area contributed by atoms with Crippen LogP contribution in [0.4, 0.5) is 10.5 Å². The Hall–Kier alpha value is -2.90. The summed E-state index contributed by atoms with van der Waals surface area (Å²) >= 11 is 0. The third-order valence-electron chi connectivity index (χ3n) is 2.65. The molecule has 0 radical (unpaired) electrons. The Morgan fingerprint density at radius 1 is 1.24 bits per heavy atom. The van der Waals surface area contributed by atoms with Crippen molar-refractivity contribution in [3.63, 3.8) is 0 Å². The first kappa shape index (κ1) is 14.5. The van der Waals surface area contributed by atoms with E-state index in [-0.39, 0.29) is 23.7 Å². The van der Waals surface area contributed by atoms with Crippen molar-refractivity contribution in [1.29, 1.82) is 0 Å². The molecule has 0 aromatic carbocycles. The lowest BCUT2D eigenvalue weighted by atomic mass is 10.4. The molecule has 0 unspecified atom stereocenters. The summed E-state index contributed by atoms with van der Waals surface area (Å²) in [5.41, 5.74) is 0.215. The Labute approximate surface area is 120 Å². The van der Waals surface area contributed by atoms with E-state index in [1.54, 1.807) is 24.4 Å². The Bertz CT molecular complexity index is 725. The van der Waals surface area contributed by atoms with E-state index in [0.717, 1.165) is 0 Å². The van der Waals surface area contributed by atoms with E-state index in [4.69, 9.17) is 0 Å². The first-order chi connectivity index (χ1) is 10.1. The fourth-order valence-corrected chi connectivity index (χ4v) is 1.69. The summed E-state index contributed by atoms with van der Waals surface area (Å²) in [6.45, 7) is 1.97. The van der Waals surface area contributed by atoms with Gasteiger partial charge < -0.3 is 16.0 Å². The van der Waals surface area contributed by atoms with Crippen LogP contribution in [0.25, 0.3) is 5.65 Å². The smallest absolute Gasteiger partial charge is 0.319 e. The van der Waals surface area contributed by atoms with Crippen LogP contribution in [0.1, 0.15) is 6.92 Å². The van der Waals surface area contributed by atoms with Gasteiger partial charge in [0.25, 0.3) is 5.56 Å². The molecule has 0 saturated carbocycles. The van der Waals surface area contributed by atoms with E-state index in [1.165, 1.54) is 17.5 Å². The van der Waals surface area contributed by atoms with Crippen LogP contribution in [-0.4, -0.2) is 34.4 Å². The standard InChI is InChI=1S/C13H15N5O3/c1-9(19)14-5-6-15-13(21)17-10-8-16-11-4-2-3-7-18(11)12(10)20/h2-4,7-8H,5-6H2,1H3,(H,14,19)(H2,15,17,21). The summed E-state index contributed by atoms with van der Waals surface area (Å²) in [4.78, 5) is 38.5. The zero-order valence-corrected chi connectivity index (χ0v) is 11.4. The van der Waals surface area contributed by atoms with E-state index >= 15 is 0 Å². The van der Waals surface area contributed by atoms with Crippen molar-refractivity contribution in [2.45, 2.75) is 6.92 Å². The molecule has 8 nitrogen and oxygen atoms in total. The van der Waals surface area contributed by atoms with Crippen LogP contribution >= 0.6 is 0 Å². The van der Waals surface area contributed by atoms with Gasteiger partial charge in [0, 0.05) is 26.2 Å². The lowest BCUT2D eigenvalue weighted by Crippen LogP contribution is -2.37. The number of carbonyl (C=O) groups excluding carboxylic acids is 2. The molecule has 0 bridgehead atoms. The molecule has 2 aromatic rings. The zero-order chi connectivity index (χ0) is 15.2. The highest BCUT2D eigenvalue weighted by atomic mass is 16.2. The summed E-state index contributed by atoms with van der Waals surface area (Å²) in [6, 6.07) is 4.63. The normalized spacial score (nSPS) is 10.1. The molecule has 0 atom stereocenters. The molecule has 2 rings (SSSR count). The molecule has 110 valence electrons. The van der Waals surface area contributed by atoms with Gasteiger partial charge >= 0.3 is 6.03 Å². The first-order valence-corrected chi connectivity index (χ1v) is 6.33. The third-order valence-corrected chi connectivity index (χ3v) is 2.65. The Balaban J connectivity index is 2.00. The second-order valence-electron chi connectivity index (χ2n) is 4.27. The van der Waals surface area contributed by atoms with Gasteiger partial charge in [0.15, 0.2) is 0 Å². The zero-order valence-electron chi connectivity index (χ0n) is 11.4. The van der Waals surface area contributed by atoms with Crippen LogP contribution in [0.2, 0.25) is 0 Å². The minimum Gasteiger partial charge on any atom is -0.355 e. The second kappa shape index (κ2) is 6.51. The number of urea groups is 1. The van der Waals surface area contributed by atoms with Gasteiger partial charge in [-0.2, -0.15) is 0 Å². The summed E-state index contributed by atoms with van der Waals surface area (Å²) in [7, 11) is 0. The van der Waals surface area contributed by atoms with Crippen molar-refractivity contribution in [3.05, 3.63) is 40.9 Å². The molecule has 0 aliphatic heterocycles. The van der Waals surface area contributed by atoms with E-state index in [1.807, 2.05) is 0 Å². The minimum atomic E-state index is -0.532. The monoisotopic (exact) mass is 289 g/mol. The summed E-state index contributed by atoms with van der Waals surface area (Å²) in [5.74, 6) is -0.172. The maximum absolute atomic E-state index is 12.1. The van der Waals surface area contributed by atoms with Crippen molar-refractivity contribution in [2.24, 2.45) is 0 Å². The van der Waals surface area contributed by atoms with Gasteiger partial charge in [0.1, 0.15) is 11.3 Å². The molecular formula is C13H15N5O3. The minimum absolute atomic E-state index is 0.0794. The summed E-state index contributed by atoms with van der Waals surface area (Å²) in [5, 5.41) is 7.49. The largest absolute Gasteiger partial charge is 0.355 e. The van der Waals surface area contributed by atoms with Crippen molar-refractivity contribution in [2.75, 3.05) is 18.4 Å². The molecule has 8 heteroatoms. The molecule has 0 spiro atoms. The lowest BCUT2D eigenvalue weighted by Gasteiger charge is -2.08. The molecular weight excluding hydrogens is 274 g/mol. The predicted octanol–water partition coefficient (Wildman–Crippen LogP) is -0.0479. The Morgan fingerprint density at radius 2 is 2.00 bits per heavy atom. The fourth-order valence-electron chi connectivity index (χ4n) is 1.69. The molecule has 0 aliphatic carbocycles. The second-order valence-corrected chi connectivity index (χ2v) is 4.27.